The molecule has 2 heterocycles. The molecule has 0 saturated heterocycles. The lowest BCUT2D eigenvalue weighted by Gasteiger charge is -2.18. The first-order valence-corrected chi connectivity index (χ1v) is 8.95. The van der Waals surface area contributed by atoms with E-state index in [4.69, 9.17) is 9.84 Å². The smallest absolute Gasteiger partial charge is 0.341 e. The van der Waals surface area contributed by atoms with Crippen molar-refractivity contribution in [3.05, 3.63) is 64.7 Å². The Morgan fingerprint density at radius 3 is 2.77 bits per heavy atom. The van der Waals surface area contributed by atoms with Gasteiger partial charge in [-0.15, -0.1) is 11.3 Å². The van der Waals surface area contributed by atoms with Crippen LogP contribution in [-0.4, -0.2) is 39.6 Å². The van der Waals surface area contributed by atoms with Crippen LogP contribution in [0, 0.1) is 0 Å². The van der Waals surface area contributed by atoms with Gasteiger partial charge in [0.05, 0.1) is 12.2 Å². The molecule has 0 saturated carbocycles. The van der Waals surface area contributed by atoms with Gasteiger partial charge in [-0.3, -0.25) is 9.88 Å². The third-order valence-electron chi connectivity index (χ3n) is 3.70. The number of benzene rings is 1. The van der Waals surface area contributed by atoms with Crippen LogP contribution in [0.1, 0.15) is 10.6 Å². The van der Waals surface area contributed by atoms with Gasteiger partial charge in [0.25, 0.3) is 0 Å². The van der Waals surface area contributed by atoms with Crippen molar-refractivity contribution in [3.63, 3.8) is 0 Å². The molecule has 0 radical (unpaired) electrons. The van der Waals surface area contributed by atoms with Crippen LogP contribution in [-0.2, 0) is 17.9 Å². The molecule has 0 bridgehead atoms. The first kappa shape index (κ1) is 18.0. The number of carboxylic acids is 1. The number of aliphatic carboxylic acids is 1. The Labute approximate surface area is 155 Å². The van der Waals surface area contributed by atoms with E-state index in [0.717, 1.165) is 21.8 Å². The van der Waals surface area contributed by atoms with E-state index in [1.807, 2.05) is 42.8 Å². The van der Waals surface area contributed by atoms with Crippen molar-refractivity contribution in [2.24, 2.45) is 0 Å². The number of pyridine rings is 1. The van der Waals surface area contributed by atoms with Crippen molar-refractivity contribution < 1.29 is 14.6 Å². The average molecular weight is 369 g/mol. The van der Waals surface area contributed by atoms with Crippen molar-refractivity contribution in [2.75, 3.05) is 13.7 Å². The van der Waals surface area contributed by atoms with Crippen LogP contribution in [0.2, 0.25) is 0 Å². The van der Waals surface area contributed by atoms with Gasteiger partial charge >= 0.3 is 5.97 Å². The van der Waals surface area contributed by atoms with E-state index in [1.165, 1.54) is 0 Å². The monoisotopic (exact) mass is 369 g/mol. The number of carboxylic acid groups (broad SMARTS) is 1. The van der Waals surface area contributed by atoms with Crippen molar-refractivity contribution in [1.29, 1.82) is 0 Å². The van der Waals surface area contributed by atoms with Crippen LogP contribution < -0.4 is 4.74 Å². The summed E-state index contributed by atoms with van der Waals surface area (Å²) in [7, 11) is 2.00. The number of carbonyl (C=O) groups is 1. The van der Waals surface area contributed by atoms with Gasteiger partial charge in [0.2, 0.25) is 0 Å². The molecule has 0 aliphatic carbocycles. The highest BCUT2D eigenvalue weighted by Crippen LogP contribution is 2.27. The van der Waals surface area contributed by atoms with E-state index in [-0.39, 0.29) is 6.61 Å². The Morgan fingerprint density at radius 2 is 2.08 bits per heavy atom. The zero-order valence-corrected chi connectivity index (χ0v) is 15.1. The highest BCUT2D eigenvalue weighted by atomic mass is 32.1. The quantitative estimate of drug-likeness (QED) is 0.657. The topological polar surface area (TPSA) is 75.5 Å². The summed E-state index contributed by atoms with van der Waals surface area (Å²) < 4.78 is 5.47. The van der Waals surface area contributed by atoms with Gasteiger partial charge in [-0.1, -0.05) is 6.07 Å². The van der Waals surface area contributed by atoms with E-state index >= 15 is 0 Å². The number of rotatable bonds is 8. The Morgan fingerprint density at radius 1 is 1.19 bits per heavy atom. The van der Waals surface area contributed by atoms with Crippen LogP contribution in [0.15, 0.2) is 54.2 Å². The number of hydrogen-bond donors (Lipinski definition) is 1. The fourth-order valence-electron chi connectivity index (χ4n) is 2.58. The van der Waals surface area contributed by atoms with E-state index in [9.17, 15) is 4.79 Å². The van der Waals surface area contributed by atoms with Gasteiger partial charge in [0.15, 0.2) is 6.61 Å². The zero-order chi connectivity index (χ0) is 18.4. The van der Waals surface area contributed by atoms with Gasteiger partial charge in [-0.25, -0.2) is 9.78 Å². The molecule has 7 heteroatoms. The normalized spacial score (nSPS) is 10.8. The molecule has 134 valence electrons. The third kappa shape index (κ3) is 4.87. The fourth-order valence-corrected chi connectivity index (χ4v) is 3.28. The van der Waals surface area contributed by atoms with Gasteiger partial charge in [0.1, 0.15) is 10.8 Å². The standard InChI is InChI=1S/C19H19N3O3S/c1-22(12-18-21-8-9-26-18)11-15-10-14(16-4-2-3-7-20-16)5-6-17(15)25-13-19(23)24/h2-10H,11-13H2,1H3,(H,23,24). The summed E-state index contributed by atoms with van der Waals surface area (Å²) in [6.45, 7) is 0.950. The summed E-state index contributed by atoms with van der Waals surface area (Å²) in [6, 6.07) is 11.4. The molecule has 2 aromatic heterocycles. The number of hydrogen-bond acceptors (Lipinski definition) is 6. The Hall–Kier alpha value is -2.77. The summed E-state index contributed by atoms with van der Waals surface area (Å²) in [6.07, 6.45) is 3.54. The minimum Gasteiger partial charge on any atom is -0.482 e. The maximum Gasteiger partial charge on any atom is 0.341 e. The molecule has 0 spiro atoms. The van der Waals surface area contributed by atoms with Crippen LogP contribution in [0.5, 0.6) is 5.75 Å². The number of thiazole rings is 1. The first-order valence-electron chi connectivity index (χ1n) is 8.07. The van der Waals surface area contributed by atoms with Crippen molar-refractivity contribution >= 4 is 17.3 Å². The molecule has 3 rings (SSSR count). The SMILES string of the molecule is CN(Cc1nccs1)Cc1cc(-c2ccccn2)ccc1OCC(=O)O. The van der Waals surface area contributed by atoms with Crippen LogP contribution in [0.4, 0.5) is 0 Å². The molecule has 0 unspecified atom stereocenters. The molecule has 6 nitrogen and oxygen atoms in total. The molecule has 0 amide bonds. The van der Waals surface area contributed by atoms with Crippen molar-refractivity contribution in [2.45, 2.75) is 13.1 Å². The summed E-state index contributed by atoms with van der Waals surface area (Å²) >= 11 is 1.61. The molecular weight excluding hydrogens is 350 g/mol. The first-order chi connectivity index (χ1) is 12.6. The molecule has 0 fully saturated rings. The van der Waals surface area contributed by atoms with Gasteiger partial charge in [0, 0.05) is 35.4 Å². The second-order valence-electron chi connectivity index (χ2n) is 5.82. The minimum atomic E-state index is -0.999. The molecular formula is C19H19N3O3S. The summed E-state index contributed by atoms with van der Waals surface area (Å²) in [5, 5.41) is 11.9. The summed E-state index contributed by atoms with van der Waals surface area (Å²) in [4.78, 5) is 21.6. The molecule has 26 heavy (non-hydrogen) atoms. The molecule has 0 aliphatic heterocycles. The summed E-state index contributed by atoms with van der Waals surface area (Å²) in [5.74, 6) is -0.432. The van der Waals surface area contributed by atoms with Gasteiger partial charge < -0.3 is 9.84 Å². The Balaban J connectivity index is 1.83. The van der Waals surface area contributed by atoms with Crippen LogP contribution in [0.25, 0.3) is 11.3 Å². The van der Waals surface area contributed by atoms with Gasteiger partial charge in [-0.05, 0) is 37.4 Å². The number of aromatic nitrogens is 2. The highest BCUT2D eigenvalue weighted by molar-refractivity contribution is 7.09. The van der Waals surface area contributed by atoms with Crippen LogP contribution in [0.3, 0.4) is 0 Å². The van der Waals surface area contributed by atoms with Gasteiger partial charge in [-0.2, -0.15) is 0 Å². The van der Waals surface area contributed by atoms with E-state index in [1.54, 1.807) is 29.8 Å². The lowest BCUT2D eigenvalue weighted by atomic mass is 10.1. The lowest BCUT2D eigenvalue weighted by molar-refractivity contribution is -0.139. The fraction of sp³-hybridized carbons (Fsp3) is 0.211. The molecule has 3 aromatic rings. The largest absolute Gasteiger partial charge is 0.482 e. The predicted octanol–water partition coefficient (Wildman–Crippen LogP) is 3.30. The lowest BCUT2D eigenvalue weighted by Crippen LogP contribution is -2.18. The minimum absolute atomic E-state index is 0.369. The molecule has 1 aromatic carbocycles. The average Bonchev–Trinajstić information content (AvgIpc) is 3.14. The summed E-state index contributed by atoms with van der Waals surface area (Å²) in [5.41, 5.74) is 2.74. The second-order valence-corrected chi connectivity index (χ2v) is 6.80. The van der Waals surface area contributed by atoms with Crippen LogP contribution >= 0.6 is 11.3 Å². The highest BCUT2D eigenvalue weighted by Gasteiger charge is 2.12. The van der Waals surface area contributed by atoms with E-state index < -0.39 is 5.97 Å². The molecule has 0 aliphatic rings. The van der Waals surface area contributed by atoms with Crippen molar-refractivity contribution in [3.8, 4) is 17.0 Å². The molecule has 0 atom stereocenters. The Kier molecular flexibility index (Phi) is 5.93. The predicted molar refractivity (Wildman–Crippen MR) is 100 cm³/mol. The third-order valence-corrected chi connectivity index (χ3v) is 4.47. The van der Waals surface area contributed by atoms with E-state index in [2.05, 4.69) is 14.9 Å². The number of ether oxygens (including phenoxy) is 1. The van der Waals surface area contributed by atoms with E-state index in [0.29, 0.717) is 18.8 Å². The molecule has 1 N–H and O–H groups in total. The maximum atomic E-state index is 10.9. The second kappa shape index (κ2) is 8.55. The zero-order valence-electron chi connectivity index (χ0n) is 14.3. The Bertz CT molecular complexity index is 854. The maximum absolute atomic E-state index is 10.9. The van der Waals surface area contributed by atoms with Crippen molar-refractivity contribution in [1.82, 2.24) is 14.9 Å². The number of nitrogens with zero attached hydrogens (tertiary/aromatic N) is 3.